The van der Waals surface area contributed by atoms with Gasteiger partial charge in [0.25, 0.3) is 0 Å². The summed E-state index contributed by atoms with van der Waals surface area (Å²) in [5.74, 6) is 0. The Kier molecular flexibility index (Phi) is 4.78. The first-order valence-corrected chi connectivity index (χ1v) is 9.16. The Morgan fingerprint density at radius 1 is 0.963 bits per heavy atom. The Labute approximate surface area is 158 Å². The van der Waals surface area contributed by atoms with Crippen molar-refractivity contribution >= 4 is 0 Å². The molecule has 3 aromatic heterocycles. The maximum Gasteiger partial charge on any atom is 0.115 e. The van der Waals surface area contributed by atoms with Crippen LogP contribution in [0.25, 0.3) is 22.6 Å². The van der Waals surface area contributed by atoms with Crippen molar-refractivity contribution in [3.8, 4) is 22.6 Å². The molecule has 0 aliphatic rings. The molecule has 0 fully saturated rings. The van der Waals surface area contributed by atoms with Crippen molar-refractivity contribution in [2.75, 3.05) is 0 Å². The third-order valence-corrected chi connectivity index (χ3v) is 4.74. The second-order valence-electron chi connectivity index (χ2n) is 6.60. The maximum absolute atomic E-state index is 4.53. The van der Waals surface area contributed by atoms with E-state index in [0.29, 0.717) is 0 Å². The minimum Gasteiger partial charge on any atom is -0.336 e. The van der Waals surface area contributed by atoms with Crippen molar-refractivity contribution in [3.05, 3.63) is 71.9 Å². The van der Waals surface area contributed by atoms with E-state index in [9.17, 15) is 0 Å². The molecule has 6 heteroatoms. The van der Waals surface area contributed by atoms with Crippen molar-refractivity contribution in [2.24, 2.45) is 0 Å². The standard InChI is InChI=1S/C21H22N6/c1-3-16-4-6-17(7-5-16)9-11-27-13-20(23-14-27)19-12-18(8-10-22-19)21-15(2)24-26-25-21/h4-8,10,12-14H,3,9,11H2,1-2H3,(H,24,25,26). The lowest BCUT2D eigenvalue weighted by atomic mass is 10.1. The molecule has 4 aromatic rings. The summed E-state index contributed by atoms with van der Waals surface area (Å²) >= 11 is 0. The lowest BCUT2D eigenvalue weighted by molar-refractivity contribution is 0.695. The zero-order valence-electron chi connectivity index (χ0n) is 15.6. The molecule has 1 aromatic carbocycles. The summed E-state index contributed by atoms with van der Waals surface area (Å²) in [5.41, 5.74) is 7.10. The Hall–Kier alpha value is -3.28. The summed E-state index contributed by atoms with van der Waals surface area (Å²) in [7, 11) is 0. The number of nitrogens with one attached hydrogen (secondary N) is 1. The summed E-state index contributed by atoms with van der Waals surface area (Å²) in [6.07, 6.45) is 7.75. The number of aromatic amines is 1. The van der Waals surface area contributed by atoms with Gasteiger partial charge in [0.05, 0.1) is 17.7 Å². The minimum atomic E-state index is 0.834. The number of pyridine rings is 1. The van der Waals surface area contributed by atoms with Crippen molar-refractivity contribution in [1.82, 2.24) is 29.9 Å². The van der Waals surface area contributed by atoms with Gasteiger partial charge in [-0.3, -0.25) is 4.98 Å². The Bertz CT molecular complexity index is 1030. The molecule has 0 spiro atoms. The third-order valence-electron chi connectivity index (χ3n) is 4.74. The van der Waals surface area contributed by atoms with Crippen LogP contribution in [0.1, 0.15) is 23.7 Å². The van der Waals surface area contributed by atoms with Gasteiger partial charge in [-0.2, -0.15) is 15.4 Å². The number of hydrogen-bond acceptors (Lipinski definition) is 4. The predicted molar refractivity (Wildman–Crippen MR) is 105 cm³/mol. The number of H-pyrrole nitrogens is 1. The number of aromatic nitrogens is 6. The second kappa shape index (κ2) is 7.53. The van der Waals surface area contributed by atoms with Crippen molar-refractivity contribution in [1.29, 1.82) is 0 Å². The van der Waals surface area contributed by atoms with Crippen LogP contribution in [0, 0.1) is 6.92 Å². The summed E-state index contributed by atoms with van der Waals surface area (Å²) in [4.78, 5) is 8.99. The average molecular weight is 358 g/mol. The molecule has 0 saturated heterocycles. The molecule has 136 valence electrons. The first kappa shape index (κ1) is 17.1. The molecular formula is C21H22N6. The Morgan fingerprint density at radius 3 is 2.52 bits per heavy atom. The largest absolute Gasteiger partial charge is 0.336 e. The normalized spacial score (nSPS) is 11.0. The van der Waals surface area contributed by atoms with E-state index in [1.807, 2.05) is 31.6 Å². The van der Waals surface area contributed by atoms with Gasteiger partial charge in [-0.1, -0.05) is 31.2 Å². The molecule has 0 radical (unpaired) electrons. The van der Waals surface area contributed by atoms with Gasteiger partial charge in [0.1, 0.15) is 11.4 Å². The average Bonchev–Trinajstić information content (AvgIpc) is 3.36. The summed E-state index contributed by atoms with van der Waals surface area (Å²) < 4.78 is 2.11. The Balaban J connectivity index is 1.48. The van der Waals surface area contributed by atoms with Crippen LogP contribution in [-0.2, 0) is 19.4 Å². The fourth-order valence-corrected chi connectivity index (χ4v) is 3.09. The van der Waals surface area contributed by atoms with E-state index < -0.39 is 0 Å². The molecule has 0 aliphatic carbocycles. The number of aryl methyl sites for hydroxylation is 4. The molecule has 0 bridgehead atoms. The van der Waals surface area contributed by atoms with Gasteiger partial charge in [-0.15, -0.1) is 0 Å². The van der Waals surface area contributed by atoms with Gasteiger partial charge in [0.15, 0.2) is 0 Å². The van der Waals surface area contributed by atoms with Crippen molar-refractivity contribution < 1.29 is 0 Å². The number of nitrogens with zero attached hydrogens (tertiary/aromatic N) is 5. The van der Waals surface area contributed by atoms with E-state index in [2.05, 4.69) is 61.1 Å². The predicted octanol–water partition coefficient (Wildman–Crippen LogP) is 3.84. The van der Waals surface area contributed by atoms with Crippen LogP contribution in [0.5, 0.6) is 0 Å². The van der Waals surface area contributed by atoms with Crippen LogP contribution >= 0.6 is 0 Å². The van der Waals surface area contributed by atoms with Gasteiger partial charge in [0, 0.05) is 24.5 Å². The smallest absolute Gasteiger partial charge is 0.115 e. The first-order valence-electron chi connectivity index (χ1n) is 9.16. The highest BCUT2D eigenvalue weighted by molar-refractivity contribution is 5.67. The zero-order chi connectivity index (χ0) is 18.6. The van der Waals surface area contributed by atoms with Crippen molar-refractivity contribution in [2.45, 2.75) is 33.2 Å². The summed E-state index contributed by atoms with van der Waals surface area (Å²) in [6, 6.07) is 12.8. The molecule has 0 unspecified atom stereocenters. The second-order valence-corrected chi connectivity index (χ2v) is 6.60. The molecule has 0 atom stereocenters. The molecule has 27 heavy (non-hydrogen) atoms. The minimum absolute atomic E-state index is 0.834. The summed E-state index contributed by atoms with van der Waals surface area (Å²) in [6.45, 7) is 5.00. The fourth-order valence-electron chi connectivity index (χ4n) is 3.09. The lowest BCUT2D eigenvalue weighted by Crippen LogP contribution is -1.98. The van der Waals surface area contributed by atoms with Crippen LogP contribution in [0.2, 0.25) is 0 Å². The highest BCUT2D eigenvalue weighted by Gasteiger charge is 2.10. The van der Waals surface area contributed by atoms with Crippen molar-refractivity contribution in [3.63, 3.8) is 0 Å². The molecular weight excluding hydrogens is 336 g/mol. The van der Waals surface area contributed by atoms with E-state index in [0.717, 1.165) is 47.7 Å². The number of rotatable bonds is 6. The first-order chi connectivity index (χ1) is 13.2. The van der Waals surface area contributed by atoms with Crippen LogP contribution in [0.15, 0.2) is 55.1 Å². The topological polar surface area (TPSA) is 72.3 Å². The van der Waals surface area contributed by atoms with Gasteiger partial charge in [-0.25, -0.2) is 4.98 Å². The van der Waals surface area contributed by atoms with Gasteiger partial charge >= 0.3 is 0 Å². The van der Waals surface area contributed by atoms with Crippen LogP contribution in [0.4, 0.5) is 0 Å². The monoisotopic (exact) mass is 358 g/mol. The van der Waals surface area contributed by atoms with E-state index in [-0.39, 0.29) is 0 Å². The summed E-state index contributed by atoms with van der Waals surface area (Å²) in [5, 5.41) is 11.0. The van der Waals surface area contributed by atoms with E-state index >= 15 is 0 Å². The van der Waals surface area contributed by atoms with E-state index in [1.165, 1.54) is 11.1 Å². The molecule has 3 heterocycles. The molecule has 0 saturated carbocycles. The van der Waals surface area contributed by atoms with E-state index in [4.69, 9.17) is 0 Å². The molecule has 6 nitrogen and oxygen atoms in total. The quantitative estimate of drug-likeness (QED) is 0.568. The number of benzene rings is 1. The highest BCUT2D eigenvalue weighted by Crippen LogP contribution is 2.23. The Morgan fingerprint density at radius 2 is 1.78 bits per heavy atom. The molecule has 0 amide bonds. The van der Waals surface area contributed by atoms with Crippen LogP contribution in [-0.4, -0.2) is 29.9 Å². The molecule has 4 rings (SSSR count). The molecule has 1 N–H and O–H groups in total. The van der Waals surface area contributed by atoms with Crippen LogP contribution in [0.3, 0.4) is 0 Å². The van der Waals surface area contributed by atoms with E-state index in [1.54, 1.807) is 6.20 Å². The maximum atomic E-state index is 4.53. The molecule has 0 aliphatic heterocycles. The van der Waals surface area contributed by atoms with Crippen LogP contribution < -0.4 is 0 Å². The highest BCUT2D eigenvalue weighted by atomic mass is 15.3. The van der Waals surface area contributed by atoms with Gasteiger partial charge in [-0.05, 0) is 43.0 Å². The number of hydrogen-bond donors (Lipinski definition) is 1. The SMILES string of the molecule is CCc1ccc(CCn2cnc(-c3cc(-c4n[nH]nc4C)ccn3)c2)cc1. The third kappa shape index (κ3) is 3.79. The van der Waals surface area contributed by atoms with Gasteiger partial charge < -0.3 is 4.57 Å². The number of imidazole rings is 1. The van der Waals surface area contributed by atoms with Gasteiger partial charge in [0.2, 0.25) is 0 Å². The lowest BCUT2D eigenvalue weighted by Gasteiger charge is -2.04. The zero-order valence-corrected chi connectivity index (χ0v) is 15.6. The fraction of sp³-hybridized carbons (Fsp3) is 0.238.